The van der Waals surface area contributed by atoms with E-state index in [-0.39, 0.29) is 0 Å². The molecule has 2 atom stereocenters. The van der Waals surface area contributed by atoms with Crippen molar-refractivity contribution in [2.45, 2.75) is 64.5 Å². The molecule has 0 aliphatic carbocycles. The molecule has 3 heteroatoms. The van der Waals surface area contributed by atoms with Gasteiger partial charge in [-0.05, 0) is 25.1 Å². The summed E-state index contributed by atoms with van der Waals surface area (Å²) < 4.78 is 5.71. The van der Waals surface area contributed by atoms with Gasteiger partial charge in [0, 0.05) is 7.05 Å². The van der Waals surface area contributed by atoms with Gasteiger partial charge < -0.3 is 9.64 Å². The molecule has 1 rings (SSSR count). The van der Waals surface area contributed by atoms with Crippen molar-refractivity contribution < 1.29 is 4.74 Å². The monoisotopic (exact) mass is 229 g/mol. The Hall–Kier alpha value is -0.310. The van der Waals surface area contributed by atoms with Crippen molar-refractivity contribution in [3.05, 3.63) is 0 Å². The number of rotatable bonds is 6. The van der Waals surface area contributed by atoms with Crippen molar-refractivity contribution in [1.82, 2.24) is 4.90 Å². The summed E-state index contributed by atoms with van der Waals surface area (Å²) in [4.78, 5) is 2.14. The SMILES string of the molecule is CCCCCC1C(CCC)OC(=S)N1C. The second kappa shape index (κ2) is 6.31. The summed E-state index contributed by atoms with van der Waals surface area (Å²) in [6.45, 7) is 4.44. The van der Waals surface area contributed by atoms with Crippen LogP contribution in [-0.2, 0) is 4.74 Å². The van der Waals surface area contributed by atoms with Gasteiger partial charge in [-0.3, -0.25) is 0 Å². The molecule has 1 fully saturated rings. The van der Waals surface area contributed by atoms with Gasteiger partial charge in [0.2, 0.25) is 0 Å². The van der Waals surface area contributed by atoms with Crippen LogP contribution in [0.4, 0.5) is 0 Å². The lowest BCUT2D eigenvalue weighted by Crippen LogP contribution is -2.33. The predicted octanol–water partition coefficient (Wildman–Crippen LogP) is 3.35. The molecule has 1 aliphatic rings. The van der Waals surface area contributed by atoms with E-state index in [4.69, 9.17) is 17.0 Å². The van der Waals surface area contributed by atoms with Gasteiger partial charge in [-0.1, -0.05) is 39.5 Å². The van der Waals surface area contributed by atoms with E-state index in [0.29, 0.717) is 17.3 Å². The summed E-state index contributed by atoms with van der Waals surface area (Å²) in [6.07, 6.45) is 7.74. The maximum Gasteiger partial charge on any atom is 0.259 e. The average Bonchev–Trinajstić information content (AvgIpc) is 2.47. The first kappa shape index (κ1) is 12.8. The van der Waals surface area contributed by atoms with E-state index in [1.165, 1.54) is 32.1 Å². The van der Waals surface area contributed by atoms with E-state index in [0.717, 1.165) is 6.42 Å². The smallest absolute Gasteiger partial charge is 0.259 e. The van der Waals surface area contributed by atoms with Crippen LogP contribution in [0.15, 0.2) is 0 Å². The van der Waals surface area contributed by atoms with Gasteiger partial charge in [-0.15, -0.1) is 0 Å². The van der Waals surface area contributed by atoms with Crippen molar-refractivity contribution in [3.63, 3.8) is 0 Å². The van der Waals surface area contributed by atoms with Gasteiger partial charge >= 0.3 is 0 Å². The molecule has 2 unspecified atom stereocenters. The number of unbranched alkanes of at least 4 members (excludes halogenated alkanes) is 2. The largest absolute Gasteiger partial charge is 0.465 e. The van der Waals surface area contributed by atoms with Gasteiger partial charge in [0.1, 0.15) is 6.10 Å². The molecular formula is C12H23NOS. The molecule has 0 amide bonds. The van der Waals surface area contributed by atoms with Crippen LogP contribution >= 0.6 is 12.2 Å². The van der Waals surface area contributed by atoms with Crippen LogP contribution in [0.3, 0.4) is 0 Å². The number of hydrogen-bond donors (Lipinski definition) is 0. The minimum Gasteiger partial charge on any atom is -0.465 e. The Morgan fingerprint density at radius 3 is 2.53 bits per heavy atom. The summed E-state index contributed by atoms with van der Waals surface area (Å²) in [5.74, 6) is 0. The molecular weight excluding hydrogens is 206 g/mol. The van der Waals surface area contributed by atoms with Crippen molar-refractivity contribution in [1.29, 1.82) is 0 Å². The fraction of sp³-hybridized carbons (Fsp3) is 0.917. The molecule has 2 nitrogen and oxygen atoms in total. The number of thiocarbonyl (C=S) groups is 1. The molecule has 0 bridgehead atoms. The lowest BCUT2D eigenvalue weighted by atomic mass is 10.00. The second-order valence-corrected chi connectivity index (χ2v) is 4.73. The Kier molecular flexibility index (Phi) is 5.37. The topological polar surface area (TPSA) is 12.5 Å². The molecule has 0 N–H and O–H groups in total. The highest BCUT2D eigenvalue weighted by atomic mass is 32.1. The Bertz CT molecular complexity index is 208. The first-order valence-electron chi connectivity index (χ1n) is 6.14. The van der Waals surface area contributed by atoms with E-state index in [1.807, 2.05) is 0 Å². The predicted molar refractivity (Wildman–Crippen MR) is 68.1 cm³/mol. The van der Waals surface area contributed by atoms with E-state index < -0.39 is 0 Å². The van der Waals surface area contributed by atoms with Crippen molar-refractivity contribution in [2.24, 2.45) is 0 Å². The zero-order valence-corrected chi connectivity index (χ0v) is 11.0. The first-order chi connectivity index (χ1) is 7.20. The van der Waals surface area contributed by atoms with Crippen LogP contribution in [-0.4, -0.2) is 29.3 Å². The molecule has 15 heavy (non-hydrogen) atoms. The third-order valence-corrected chi connectivity index (χ3v) is 3.53. The molecule has 1 saturated heterocycles. The Labute approximate surface area is 99.0 Å². The van der Waals surface area contributed by atoms with Crippen LogP contribution in [0.1, 0.15) is 52.4 Å². The van der Waals surface area contributed by atoms with Gasteiger partial charge in [-0.25, -0.2) is 0 Å². The summed E-state index contributed by atoms with van der Waals surface area (Å²) in [7, 11) is 2.06. The highest BCUT2D eigenvalue weighted by molar-refractivity contribution is 7.80. The maximum absolute atomic E-state index is 5.71. The molecule has 0 aromatic rings. The van der Waals surface area contributed by atoms with E-state index >= 15 is 0 Å². The fourth-order valence-corrected chi connectivity index (χ4v) is 2.45. The zero-order valence-electron chi connectivity index (χ0n) is 10.2. The van der Waals surface area contributed by atoms with E-state index in [2.05, 4.69) is 25.8 Å². The van der Waals surface area contributed by atoms with Gasteiger partial charge in [0.25, 0.3) is 5.17 Å². The van der Waals surface area contributed by atoms with Gasteiger partial charge in [0.05, 0.1) is 6.04 Å². The van der Waals surface area contributed by atoms with Crippen LogP contribution < -0.4 is 0 Å². The van der Waals surface area contributed by atoms with Crippen LogP contribution in [0.2, 0.25) is 0 Å². The number of ether oxygens (including phenoxy) is 1. The number of likely N-dealkylation sites (N-methyl/N-ethyl adjacent to an activating group) is 1. The third kappa shape index (κ3) is 3.33. The highest BCUT2D eigenvalue weighted by Gasteiger charge is 2.35. The van der Waals surface area contributed by atoms with Crippen LogP contribution in [0.25, 0.3) is 0 Å². The Balaban J connectivity index is 2.44. The first-order valence-corrected chi connectivity index (χ1v) is 6.55. The van der Waals surface area contributed by atoms with Gasteiger partial charge in [0.15, 0.2) is 0 Å². The summed E-state index contributed by atoms with van der Waals surface area (Å²) in [6, 6.07) is 0.518. The minimum absolute atomic E-state index is 0.337. The summed E-state index contributed by atoms with van der Waals surface area (Å²) in [5, 5.41) is 0.690. The Morgan fingerprint density at radius 1 is 1.20 bits per heavy atom. The van der Waals surface area contributed by atoms with Gasteiger partial charge in [-0.2, -0.15) is 0 Å². The molecule has 88 valence electrons. The van der Waals surface area contributed by atoms with Crippen LogP contribution in [0, 0.1) is 0 Å². The number of nitrogens with zero attached hydrogens (tertiary/aromatic N) is 1. The molecule has 1 aliphatic heterocycles. The van der Waals surface area contributed by atoms with Crippen molar-refractivity contribution >= 4 is 17.4 Å². The molecule has 1 heterocycles. The van der Waals surface area contributed by atoms with Crippen LogP contribution in [0.5, 0.6) is 0 Å². The van der Waals surface area contributed by atoms with E-state index in [1.54, 1.807) is 0 Å². The fourth-order valence-electron chi connectivity index (χ4n) is 2.19. The second-order valence-electron chi connectivity index (χ2n) is 4.38. The average molecular weight is 229 g/mol. The lowest BCUT2D eigenvalue weighted by molar-refractivity contribution is 0.173. The van der Waals surface area contributed by atoms with Crippen molar-refractivity contribution in [2.75, 3.05) is 7.05 Å². The molecule has 0 aromatic carbocycles. The maximum atomic E-state index is 5.71. The normalized spacial score (nSPS) is 25.8. The number of hydrogen-bond acceptors (Lipinski definition) is 2. The molecule has 0 saturated carbocycles. The minimum atomic E-state index is 0.337. The third-order valence-electron chi connectivity index (χ3n) is 3.14. The molecule has 0 radical (unpaired) electrons. The molecule has 0 spiro atoms. The van der Waals surface area contributed by atoms with E-state index in [9.17, 15) is 0 Å². The standard InChI is InChI=1S/C12H23NOS/c1-4-6-7-9-10-11(8-5-2)14-12(15)13(10)3/h10-11H,4-9H2,1-3H3. The highest BCUT2D eigenvalue weighted by Crippen LogP contribution is 2.25. The quantitative estimate of drug-likeness (QED) is 0.512. The lowest BCUT2D eigenvalue weighted by Gasteiger charge is -2.21. The van der Waals surface area contributed by atoms with Crippen molar-refractivity contribution in [3.8, 4) is 0 Å². The zero-order chi connectivity index (χ0) is 11.3. The Morgan fingerprint density at radius 2 is 1.93 bits per heavy atom. The molecule has 0 aromatic heterocycles. The summed E-state index contributed by atoms with van der Waals surface area (Å²) >= 11 is 5.19. The summed E-state index contributed by atoms with van der Waals surface area (Å²) in [5.41, 5.74) is 0.